The summed E-state index contributed by atoms with van der Waals surface area (Å²) in [5.74, 6) is 0.124. The summed E-state index contributed by atoms with van der Waals surface area (Å²) in [7, 11) is 0. The van der Waals surface area contributed by atoms with Gasteiger partial charge in [0.2, 0.25) is 0 Å². The number of hydrogen-bond donors (Lipinski definition) is 1. The molecule has 5 heterocycles. The first-order valence-corrected chi connectivity index (χ1v) is 12.9. The van der Waals surface area contributed by atoms with Gasteiger partial charge in [-0.2, -0.15) is 0 Å². The van der Waals surface area contributed by atoms with Crippen molar-refractivity contribution in [3.8, 4) is 16.9 Å². The Bertz CT molecular complexity index is 1500. The Morgan fingerprint density at radius 1 is 1.14 bits per heavy atom. The van der Waals surface area contributed by atoms with E-state index in [0.717, 1.165) is 33.4 Å². The normalized spacial score (nSPS) is 21.8. The fraction of sp³-hybridized carbons (Fsp3) is 0.259. The molecule has 0 spiro atoms. The number of thiazole rings is 1. The SMILES string of the molecule is C=C1Cc2nc(N3CCOc4ccc(-c5ccc(C(=O)N6C[C@H]7C[C@@H]6C(=O)O7)cc5)cc43)sc2C(=O)N1. The summed E-state index contributed by atoms with van der Waals surface area (Å²) in [5.41, 5.74) is 4.72. The Kier molecular flexibility index (Phi) is 4.87. The standard InChI is InChI=1S/C27H22N4O5S/c1-14-10-19-23(24(32)28-14)37-27(29-19)30-8-9-35-22-7-6-17(11-20(22)30)15-2-4-16(5-3-15)25(33)31-13-18-12-21(31)26(34)36-18/h2-7,11,18,21H,1,8-10,12-13H2,(H,28,32)/t18-,21-/m1/s1. The molecule has 2 aromatic carbocycles. The minimum absolute atomic E-state index is 0.153. The van der Waals surface area contributed by atoms with E-state index >= 15 is 0 Å². The smallest absolute Gasteiger partial charge is 0.329 e. The number of nitrogens with one attached hydrogen (secondary N) is 1. The van der Waals surface area contributed by atoms with Crippen LogP contribution in [0.2, 0.25) is 0 Å². The number of rotatable bonds is 3. The van der Waals surface area contributed by atoms with Crippen LogP contribution in [0, 0.1) is 0 Å². The summed E-state index contributed by atoms with van der Waals surface area (Å²) < 4.78 is 11.1. The van der Waals surface area contributed by atoms with Crippen LogP contribution in [0.1, 0.15) is 32.1 Å². The number of esters is 1. The van der Waals surface area contributed by atoms with Gasteiger partial charge in [-0.05, 0) is 35.4 Å². The molecule has 2 amide bonds. The second kappa shape index (κ2) is 8.17. The molecule has 7 rings (SSSR count). The van der Waals surface area contributed by atoms with Crippen LogP contribution in [0.15, 0.2) is 54.7 Å². The van der Waals surface area contributed by atoms with Gasteiger partial charge >= 0.3 is 5.97 Å². The Morgan fingerprint density at radius 3 is 2.73 bits per heavy atom. The Labute approximate surface area is 216 Å². The van der Waals surface area contributed by atoms with Crippen LogP contribution >= 0.6 is 11.3 Å². The average molecular weight is 515 g/mol. The molecule has 0 unspecified atom stereocenters. The number of nitrogens with zero attached hydrogens (tertiary/aromatic N) is 3. The molecule has 3 aromatic rings. The van der Waals surface area contributed by atoms with Gasteiger partial charge in [-0.15, -0.1) is 0 Å². The quantitative estimate of drug-likeness (QED) is 0.536. The van der Waals surface area contributed by atoms with E-state index in [4.69, 9.17) is 14.5 Å². The molecule has 9 nitrogen and oxygen atoms in total. The van der Waals surface area contributed by atoms with Crippen LogP contribution in [0.4, 0.5) is 10.8 Å². The number of anilines is 2. The minimum Gasteiger partial charge on any atom is -0.490 e. The van der Waals surface area contributed by atoms with E-state index in [-0.39, 0.29) is 23.9 Å². The topological polar surface area (TPSA) is 101 Å². The summed E-state index contributed by atoms with van der Waals surface area (Å²) >= 11 is 1.37. The third-order valence-electron chi connectivity index (χ3n) is 7.16. The van der Waals surface area contributed by atoms with Crippen LogP contribution in [-0.4, -0.2) is 59.5 Å². The predicted octanol–water partition coefficient (Wildman–Crippen LogP) is 3.28. The molecule has 2 bridgehead atoms. The second-order valence-electron chi connectivity index (χ2n) is 9.53. The molecule has 1 aromatic heterocycles. The van der Waals surface area contributed by atoms with Crippen LogP contribution in [-0.2, 0) is 16.0 Å². The van der Waals surface area contributed by atoms with E-state index in [1.54, 1.807) is 17.0 Å². The molecule has 0 saturated carbocycles. The molecule has 0 radical (unpaired) electrons. The molecular formula is C27H22N4O5S. The first-order valence-electron chi connectivity index (χ1n) is 12.1. The summed E-state index contributed by atoms with van der Waals surface area (Å²) in [5, 5.41) is 3.53. The van der Waals surface area contributed by atoms with E-state index < -0.39 is 6.04 Å². The summed E-state index contributed by atoms with van der Waals surface area (Å²) in [6, 6.07) is 12.9. The van der Waals surface area contributed by atoms with Gasteiger partial charge in [0, 0.05) is 24.1 Å². The Hall–Kier alpha value is -4.18. The molecule has 1 N–H and O–H groups in total. The van der Waals surface area contributed by atoms with E-state index in [0.29, 0.717) is 48.7 Å². The average Bonchev–Trinajstić information content (AvgIpc) is 3.62. The third kappa shape index (κ3) is 3.59. The fourth-order valence-electron chi connectivity index (χ4n) is 5.36. The number of amides is 2. The fourth-order valence-corrected chi connectivity index (χ4v) is 6.37. The molecule has 2 atom stereocenters. The highest BCUT2D eigenvalue weighted by Crippen LogP contribution is 2.42. The zero-order valence-electron chi connectivity index (χ0n) is 19.7. The first-order chi connectivity index (χ1) is 17.9. The van der Waals surface area contributed by atoms with Gasteiger partial charge in [0.25, 0.3) is 11.8 Å². The lowest BCUT2D eigenvalue weighted by Crippen LogP contribution is -2.44. The van der Waals surface area contributed by atoms with Crippen LogP contribution < -0.4 is 15.0 Å². The monoisotopic (exact) mass is 514 g/mol. The number of allylic oxidation sites excluding steroid dienone is 1. The van der Waals surface area contributed by atoms with Crippen molar-refractivity contribution in [2.45, 2.75) is 25.0 Å². The van der Waals surface area contributed by atoms with Gasteiger partial charge in [-0.3, -0.25) is 9.59 Å². The highest BCUT2D eigenvalue weighted by atomic mass is 32.1. The first kappa shape index (κ1) is 22.1. The number of morpholine rings is 1. The molecule has 2 fully saturated rings. The number of likely N-dealkylation sites (tertiary alicyclic amines) is 1. The van der Waals surface area contributed by atoms with Crippen LogP contribution in [0.3, 0.4) is 0 Å². The summed E-state index contributed by atoms with van der Waals surface area (Å²) in [6.45, 7) is 5.45. The maximum absolute atomic E-state index is 13.0. The Balaban J connectivity index is 1.17. The van der Waals surface area contributed by atoms with Crippen molar-refractivity contribution in [2.24, 2.45) is 0 Å². The molecule has 0 aliphatic carbocycles. The van der Waals surface area contributed by atoms with E-state index in [1.165, 1.54) is 11.3 Å². The summed E-state index contributed by atoms with van der Waals surface area (Å²) in [6.07, 6.45) is 0.926. The molecule has 4 aliphatic rings. The highest BCUT2D eigenvalue weighted by Gasteiger charge is 2.48. The Morgan fingerprint density at radius 2 is 1.95 bits per heavy atom. The van der Waals surface area contributed by atoms with Crippen molar-refractivity contribution in [2.75, 3.05) is 24.6 Å². The van der Waals surface area contributed by atoms with Crippen LogP contribution in [0.5, 0.6) is 5.75 Å². The zero-order valence-corrected chi connectivity index (χ0v) is 20.5. The van der Waals surface area contributed by atoms with Crippen molar-refractivity contribution < 1.29 is 23.9 Å². The van der Waals surface area contributed by atoms with Crippen LogP contribution in [0.25, 0.3) is 11.1 Å². The lowest BCUT2D eigenvalue weighted by Gasteiger charge is -2.29. The van der Waals surface area contributed by atoms with Gasteiger partial charge in [0.15, 0.2) is 5.13 Å². The van der Waals surface area contributed by atoms with Gasteiger partial charge in [-0.1, -0.05) is 36.1 Å². The molecule has 4 aliphatic heterocycles. The lowest BCUT2D eigenvalue weighted by atomic mass is 10.0. The van der Waals surface area contributed by atoms with Gasteiger partial charge < -0.3 is 24.6 Å². The van der Waals surface area contributed by atoms with Gasteiger partial charge in [0.1, 0.15) is 29.4 Å². The minimum atomic E-state index is -0.468. The number of benzene rings is 2. The number of ether oxygens (including phenoxy) is 2. The van der Waals surface area contributed by atoms with E-state index in [2.05, 4.69) is 16.8 Å². The number of carbonyl (C=O) groups is 3. The maximum Gasteiger partial charge on any atom is 0.329 e. The maximum atomic E-state index is 13.0. The van der Waals surface area contributed by atoms with Gasteiger partial charge in [-0.25, -0.2) is 9.78 Å². The second-order valence-corrected chi connectivity index (χ2v) is 10.5. The molecule has 186 valence electrons. The van der Waals surface area contributed by atoms with Crippen molar-refractivity contribution in [3.05, 3.63) is 70.9 Å². The molecule has 10 heteroatoms. The number of hydrogen-bond acceptors (Lipinski definition) is 8. The number of fused-ring (bicyclic) bond motifs is 4. The largest absolute Gasteiger partial charge is 0.490 e. The van der Waals surface area contributed by atoms with Crippen molar-refractivity contribution in [1.82, 2.24) is 15.2 Å². The molecule has 2 saturated heterocycles. The van der Waals surface area contributed by atoms with Crippen molar-refractivity contribution in [1.29, 1.82) is 0 Å². The van der Waals surface area contributed by atoms with Crippen molar-refractivity contribution in [3.63, 3.8) is 0 Å². The highest BCUT2D eigenvalue weighted by molar-refractivity contribution is 7.17. The predicted molar refractivity (Wildman–Crippen MR) is 136 cm³/mol. The number of carbonyl (C=O) groups excluding carboxylic acids is 3. The lowest BCUT2D eigenvalue weighted by molar-refractivity contribution is -0.149. The molecular weight excluding hydrogens is 492 g/mol. The van der Waals surface area contributed by atoms with E-state index in [1.807, 2.05) is 30.3 Å². The van der Waals surface area contributed by atoms with E-state index in [9.17, 15) is 14.4 Å². The van der Waals surface area contributed by atoms with Crippen molar-refractivity contribution >= 4 is 39.9 Å². The number of aromatic nitrogens is 1. The molecule has 37 heavy (non-hydrogen) atoms. The summed E-state index contributed by atoms with van der Waals surface area (Å²) in [4.78, 5) is 46.4. The van der Waals surface area contributed by atoms with Gasteiger partial charge in [0.05, 0.1) is 24.5 Å². The third-order valence-corrected chi connectivity index (χ3v) is 8.28. The zero-order chi connectivity index (χ0) is 25.3.